The molecular weight excluding hydrogens is 346 g/mol. The van der Waals surface area contributed by atoms with Crippen molar-refractivity contribution < 1.29 is 14.3 Å². The summed E-state index contributed by atoms with van der Waals surface area (Å²) in [5.41, 5.74) is 2.25. The second-order valence-corrected chi connectivity index (χ2v) is 8.59. The van der Waals surface area contributed by atoms with Gasteiger partial charge in [0.2, 0.25) is 5.91 Å². The highest BCUT2D eigenvalue weighted by atomic mass is 32.2. The number of carbonyl (C=O) groups is 1. The van der Waals surface area contributed by atoms with E-state index in [0.717, 1.165) is 24.3 Å². The summed E-state index contributed by atoms with van der Waals surface area (Å²) in [6.45, 7) is 5.07. The van der Waals surface area contributed by atoms with Crippen LogP contribution in [0.1, 0.15) is 25.0 Å². The molecule has 136 valence electrons. The standard InChI is InChI=1S/C21H23NO3S/c1-21(2)13-15-7-5-8-16(19(15)25-21)24-11-10-22-20(23)18-12-14-6-3-4-9-17(14)26-18/h3-9,18H,10-13H2,1-2H3,(H,22,23). The van der Waals surface area contributed by atoms with Gasteiger partial charge in [-0.2, -0.15) is 0 Å². The van der Waals surface area contributed by atoms with Gasteiger partial charge in [-0.05, 0) is 38.0 Å². The maximum atomic E-state index is 12.4. The van der Waals surface area contributed by atoms with Gasteiger partial charge >= 0.3 is 0 Å². The van der Waals surface area contributed by atoms with E-state index in [2.05, 4.69) is 37.4 Å². The Morgan fingerprint density at radius 3 is 2.88 bits per heavy atom. The lowest BCUT2D eigenvalue weighted by molar-refractivity contribution is -0.120. The van der Waals surface area contributed by atoms with Crippen LogP contribution in [0, 0.1) is 0 Å². The van der Waals surface area contributed by atoms with Gasteiger partial charge in [-0.1, -0.05) is 30.3 Å². The average molecular weight is 369 g/mol. The fraction of sp³-hybridized carbons (Fsp3) is 0.381. The number of benzene rings is 2. The zero-order valence-corrected chi connectivity index (χ0v) is 15.9. The number of fused-ring (bicyclic) bond motifs is 2. The van der Waals surface area contributed by atoms with Gasteiger partial charge in [-0.3, -0.25) is 4.79 Å². The minimum absolute atomic E-state index is 0.0440. The number of para-hydroxylation sites is 1. The number of amides is 1. The highest BCUT2D eigenvalue weighted by Crippen LogP contribution is 2.41. The molecule has 1 unspecified atom stereocenters. The molecule has 2 heterocycles. The summed E-state index contributed by atoms with van der Waals surface area (Å²) in [5.74, 6) is 1.67. The van der Waals surface area contributed by atoms with Crippen LogP contribution in [-0.4, -0.2) is 29.9 Å². The molecule has 4 rings (SSSR count). The predicted molar refractivity (Wildman–Crippen MR) is 103 cm³/mol. The van der Waals surface area contributed by atoms with E-state index in [4.69, 9.17) is 9.47 Å². The molecule has 26 heavy (non-hydrogen) atoms. The Balaban J connectivity index is 1.27. The second-order valence-electron chi connectivity index (χ2n) is 7.34. The summed E-state index contributed by atoms with van der Waals surface area (Å²) in [6.07, 6.45) is 1.68. The monoisotopic (exact) mass is 369 g/mol. The van der Waals surface area contributed by atoms with E-state index in [0.29, 0.717) is 13.2 Å². The van der Waals surface area contributed by atoms with Crippen molar-refractivity contribution in [3.8, 4) is 11.5 Å². The van der Waals surface area contributed by atoms with Gasteiger partial charge in [0.1, 0.15) is 12.2 Å². The molecule has 2 aliphatic heterocycles. The zero-order valence-electron chi connectivity index (χ0n) is 15.1. The quantitative estimate of drug-likeness (QED) is 0.818. The lowest BCUT2D eigenvalue weighted by atomic mass is 10.0. The van der Waals surface area contributed by atoms with Crippen LogP contribution in [0.25, 0.3) is 0 Å². The molecule has 0 saturated heterocycles. The summed E-state index contributed by atoms with van der Waals surface area (Å²) in [4.78, 5) is 13.6. The Bertz CT molecular complexity index is 809. The highest BCUT2D eigenvalue weighted by molar-refractivity contribution is 8.01. The van der Waals surface area contributed by atoms with Crippen LogP contribution in [0.3, 0.4) is 0 Å². The molecule has 0 spiro atoms. The van der Waals surface area contributed by atoms with Crippen molar-refractivity contribution in [1.82, 2.24) is 5.32 Å². The van der Waals surface area contributed by atoms with Gasteiger partial charge in [0, 0.05) is 16.9 Å². The summed E-state index contributed by atoms with van der Waals surface area (Å²) in [6, 6.07) is 14.2. The fourth-order valence-corrected chi connectivity index (χ4v) is 4.70. The molecule has 2 aromatic rings. The Morgan fingerprint density at radius 1 is 1.23 bits per heavy atom. The van der Waals surface area contributed by atoms with Crippen LogP contribution in [0.15, 0.2) is 47.4 Å². The molecule has 2 aromatic carbocycles. The summed E-state index contributed by atoms with van der Waals surface area (Å²) in [7, 11) is 0. The molecule has 2 aliphatic rings. The maximum absolute atomic E-state index is 12.4. The first kappa shape index (κ1) is 17.3. The maximum Gasteiger partial charge on any atom is 0.233 e. The van der Waals surface area contributed by atoms with Crippen LogP contribution in [0.4, 0.5) is 0 Å². The summed E-state index contributed by atoms with van der Waals surface area (Å²) >= 11 is 1.64. The lowest BCUT2D eigenvalue weighted by Crippen LogP contribution is -2.35. The van der Waals surface area contributed by atoms with Crippen LogP contribution < -0.4 is 14.8 Å². The van der Waals surface area contributed by atoms with E-state index in [1.807, 2.05) is 24.3 Å². The van der Waals surface area contributed by atoms with Crippen molar-refractivity contribution in [3.05, 3.63) is 53.6 Å². The first-order valence-corrected chi connectivity index (χ1v) is 9.86. The van der Waals surface area contributed by atoms with Crippen molar-refractivity contribution in [1.29, 1.82) is 0 Å². The average Bonchev–Trinajstić information content (AvgIpc) is 3.18. The summed E-state index contributed by atoms with van der Waals surface area (Å²) < 4.78 is 11.9. The molecule has 5 heteroatoms. The van der Waals surface area contributed by atoms with E-state index in [1.165, 1.54) is 16.0 Å². The molecule has 0 bridgehead atoms. The van der Waals surface area contributed by atoms with Crippen LogP contribution in [0.5, 0.6) is 11.5 Å². The van der Waals surface area contributed by atoms with Gasteiger partial charge in [-0.25, -0.2) is 0 Å². The molecule has 1 N–H and O–H groups in total. The van der Waals surface area contributed by atoms with Crippen molar-refractivity contribution in [2.75, 3.05) is 13.2 Å². The minimum Gasteiger partial charge on any atom is -0.488 e. The van der Waals surface area contributed by atoms with Crippen LogP contribution in [0.2, 0.25) is 0 Å². The molecule has 1 amide bonds. The van der Waals surface area contributed by atoms with Crippen molar-refractivity contribution in [2.45, 2.75) is 42.4 Å². The zero-order chi connectivity index (χ0) is 18.1. The first-order valence-electron chi connectivity index (χ1n) is 8.98. The van der Waals surface area contributed by atoms with Gasteiger partial charge in [0.05, 0.1) is 11.8 Å². The topological polar surface area (TPSA) is 47.6 Å². The van der Waals surface area contributed by atoms with Gasteiger partial charge < -0.3 is 14.8 Å². The van der Waals surface area contributed by atoms with E-state index in [-0.39, 0.29) is 16.8 Å². The third-order valence-corrected chi connectivity index (χ3v) is 5.97. The fourth-order valence-electron chi connectivity index (χ4n) is 3.48. The Labute approximate surface area is 158 Å². The largest absolute Gasteiger partial charge is 0.488 e. The third-order valence-electron chi connectivity index (χ3n) is 4.65. The number of nitrogens with one attached hydrogen (secondary N) is 1. The second kappa shape index (κ2) is 6.88. The number of hydrogen-bond donors (Lipinski definition) is 1. The molecule has 0 radical (unpaired) electrons. The molecule has 0 saturated carbocycles. The normalized spacial score (nSPS) is 19.4. The Morgan fingerprint density at radius 2 is 2.04 bits per heavy atom. The van der Waals surface area contributed by atoms with Crippen LogP contribution in [-0.2, 0) is 17.6 Å². The van der Waals surface area contributed by atoms with Crippen molar-refractivity contribution in [2.24, 2.45) is 0 Å². The van der Waals surface area contributed by atoms with Crippen molar-refractivity contribution in [3.63, 3.8) is 0 Å². The number of ether oxygens (including phenoxy) is 2. The SMILES string of the molecule is CC1(C)Cc2cccc(OCCNC(=O)C3Cc4ccccc4S3)c2O1. The molecule has 1 atom stereocenters. The predicted octanol–water partition coefficient (Wildman–Crippen LogP) is 3.61. The van der Waals surface area contributed by atoms with Gasteiger partial charge in [0.15, 0.2) is 11.5 Å². The molecule has 0 aromatic heterocycles. The molecule has 4 nitrogen and oxygen atoms in total. The molecule has 0 aliphatic carbocycles. The number of carbonyl (C=O) groups excluding carboxylic acids is 1. The van der Waals surface area contributed by atoms with E-state index in [9.17, 15) is 4.79 Å². The third kappa shape index (κ3) is 3.54. The number of hydrogen-bond acceptors (Lipinski definition) is 4. The van der Waals surface area contributed by atoms with E-state index >= 15 is 0 Å². The van der Waals surface area contributed by atoms with Gasteiger partial charge in [0.25, 0.3) is 0 Å². The lowest BCUT2D eigenvalue weighted by Gasteiger charge is -2.18. The number of thioether (sulfide) groups is 1. The minimum atomic E-state index is -0.190. The molecule has 0 fully saturated rings. The van der Waals surface area contributed by atoms with Gasteiger partial charge in [-0.15, -0.1) is 11.8 Å². The first-order chi connectivity index (χ1) is 12.5. The van der Waals surface area contributed by atoms with E-state index < -0.39 is 0 Å². The van der Waals surface area contributed by atoms with Crippen LogP contribution >= 0.6 is 11.8 Å². The Hall–Kier alpha value is -2.14. The highest BCUT2D eigenvalue weighted by Gasteiger charge is 2.32. The molecular formula is C21H23NO3S. The smallest absolute Gasteiger partial charge is 0.233 e. The summed E-state index contributed by atoms with van der Waals surface area (Å²) in [5, 5.41) is 2.94. The Kier molecular flexibility index (Phi) is 4.57. The van der Waals surface area contributed by atoms with Crippen molar-refractivity contribution >= 4 is 17.7 Å². The van der Waals surface area contributed by atoms with E-state index in [1.54, 1.807) is 11.8 Å². The number of rotatable bonds is 5.